The third-order valence-corrected chi connectivity index (χ3v) is 3.38. The van der Waals surface area contributed by atoms with Crippen molar-refractivity contribution in [2.24, 2.45) is 0 Å². The lowest BCUT2D eigenvalue weighted by Crippen LogP contribution is -1.96. The number of nitrogens with zero attached hydrogens (tertiary/aromatic N) is 2. The Kier molecular flexibility index (Phi) is 3.77. The summed E-state index contributed by atoms with van der Waals surface area (Å²) >= 11 is 0. The molecule has 0 saturated carbocycles. The Morgan fingerprint density at radius 2 is 1.95 bits per heavy atom. The summed E-state index contributed by atoms with van der Waals surface area (Å²) < 4.78 is 7.53. The fourth-order valence-electron chi connectivity index (χ4n) is 2.33. The summed E-state index contributed by atoms with van der Waals surface area (Å²) in [6, 6.07) is 13.6. The molecule has 0 atom stereocenters. The van der Waals surface area contributed by atoms with Crippen molar-refractivity contribution < 1.29 is 9.84 Å². The molecule has 0 fully saturated rings. The van der Waals surface area contributed by atoms with E-state index in [-0.39, 0.29) is 5.88 Å². The molecule has 21 heavy (non-hydrogen) atoms. The quantitative estimate of drug-likeness (QED) is 0.775. The molecule has 2 aromatic heterocycles. The van der Waals surface area contributed by atoms with Gasteiger partial charge in [0.05, 0.1) is 10.9 Å². The number of hydrogen-bond acceptors (Lipinski definition) is 3. The first-order valence-electron chi connectivity index (χ1n) is 7.13. The van der Waals surface area contributed by atoms with E-state index < -0.39 is 0 Å². The SMILES string of the molecule is CCCn1cc2nc(OCc3ccccc3)ccc2c1O. The molecule has 4 nitrogen and oxygen atoms in total. The Morgan fingerprint density at radius 1 is 1.14 bits per heavy atom. The van der Waals surface area contributed by atoms with E-state index in [1.165, 1.54) is 0 Å². The molecule has 3 aromatic rings. The number of fused-ring (bicyclic) bond motifs is 1. The molecule has 2 heterocycles. The van der Waals surface area contributed by atoms with Crippen LogP contribution in [0.1, 0.15) is 18.9 Å². The first-order valence-corrected chi connectivity index (χ1v) is 7.13. The van der Waals surface area contributed by atoms with Gasteiger partial charge in [0.15, 0.2) is 0 Å². The lowest BCUT2D eigenvalue weighted by atomic mass is 10.2. The van der Waals surface area contributed by atoms with Crippen LogP contribution in [0.5, 0.6) is 11.8 Å². The average Bonchev–Trinajstić information content (AvgIpc) is 2.83. The summed E-state index contributed by atoms with van der Waals surface area (Å²) in [4.78, 5) is 4.45. The van der Waals surface area contributed by atoms with Crippen LogP contribution in [0.4, 0.5) is 0 Å². The lowest BCUT2D eigenvalue weighted by Gasteiger charge is -2.05. The van der Waals surface area contributed by atoms with Crippen molar-refractivity contribution >= 4 is 10.9 Å². The van der Waals surface area contributed by atoms with E-state index in [2.05, 4.69) is 11.9 Å². The van der Waals surface area contributed by atoms with Gasteiger partial charge in [-0.05, 0) is 18.1 Å². The molecule has 0 aliphatic carbocycles. The highest BCUT2D eigenvalue weighted by molar-refractivity contribution is 5.84. The van der Waals surface area contributed by atoms with E-state index in [9.17, 15) is 5.11 Å². The molecule has 108 valence electrons. The second-order valence-corrected chi connectivity index (χ2v) is 5.00. The van der Waals surface area contributed by atoms with Crippen molar-refractivity contribution in [3.63, 3.8) is 0 Å². The molecule has 0 spiro atoms. The van der Waals surface area contributed by atoms with Gasteiger partial charge in [-0.15, -0.1) is 0 Å². The smallest absolute Gasteiger partial charge is 0.214 e. The number of benzene rings is 1. The van der Waals surface area contributed by atoms with Gasteiger partial charge in [-0.2, -0.15) is 0 Å². The maximum Gasteiger partial charge on any atom is 0.214 e. The monoisotopic (exact) mass is 282 g/mol. The number of hydrogen-bond donors (Lipinski definition) is 1. The highest BCUT2D eigenvalue weighted by atomic mass is 16.5. The molecule has 1 aromatic carbocycles. The molecule has 0 aliphatic heterocycles. The van der Waals surface area contributed by atoms with Crippen molar-refractivity contribution in [2.45, 2.75) is 26.5 Å². The summed E-state index contributed by atoms with van der Waals surface area (Å²) in [5, 5.41) is 10.9. The van der Waals surface area contributed by atoms with Crippen LogP contribution >= 0.6 is 0 Å². The van der Waals surface area contributed by atoms with E-state index in [4.69, 9.17) is 4.74 Å². The van der Waals surface area contributed by atoms with E-state index >= 15 is 0 Å². The summed E-state index contributed by atoms with van der Waals surface area (Å²) in [6.45, 7) is 3.34. The fourth-order valence-corrected chi connectivity index (χ4v) is 2.33. The van der Waals surface area contributed by atoms with Gasteiger partial charge in [-0.25, -0.2) is 4.98 Å². The lowest BCUT2D eigenvalue weighted by molar-refractivity contribution is 0.295. The first-order chi connectivity index (χ1) is 10.3. The van der Waals surface area contributed by atoms with E-state index in [1.807, 2.05) is 47.2 Å². The predicted octanol–water partition coefficient (Wildman–Crippen LogP) is 3.73. The Bertz CT molecular complexity index is 735. The Morgan fingerprint density at radius 3 is 2.71 bits per heavy atom. The second-order valence-electron chi connectivity index (χ2n) is 5.00. The molecule has 3 rings (SSSR count). The van der Waals surface area contributed by atoms with Crippen LogP contribution < -0.4 is 4.74 Å². The van der Waals surface area contributed by atoms with Gasteiger partial charge < -0.3 is 14.4 Å². The normalized spacial score (nSPS) is 10.9. The number of aromatic nitrogens is 2. The number of aromatic hydroxyl groups is 1. The summed E-state index contributed by atoms with van der Waals surface area (Å²) in [5.74, 6) is 0.842. The van der Waals surface area contributed by atoms with Crippen LogP contribution in [-0.4, -0.2) is 14.7 Å². The first kappa shape index (κ1) is 13.5. The molecule has 1 N–H and O–H groups in total. The molecule has 0 aliphatic rings. The summed E-state index contributed by atoms with van der Waals surface area (Å²) in [6.07, 6.45) is 2.83. The van der Waals surface area contributed by atoms with Crippen LogP contribution in [0.2, 0.25) is 0 Å². The summed E-state index contributed by atoms with van der Waals surface area (Å²) in [7, 11) is 0. The zero-order valence-corrected chi connectivity index (χ0v) is 12.0. The third kappa shape index (κ3) is 2.84. The van der Waals surface area contributed by atoms with E-state index in [0.717, 1.165) is 29.4 Å². The molecule has 0 radical (unpaired) electrons. The van der Waals surface area contributed by atoms with Crippen molar-refractivity contribution in [2.75, 3.05) is 0 Å². The van der Waals surface area contributed by atoms with Gasteiger partial charge in [-0.3, -0.25) is 0 Å². The topological polar surface area (TPSA) is 47.3 Å². The Labute approximate surface area is 123 Å². The van der Waals surface area contributed by atoms with Crippen LogP contribution in [0.25, 0.3) is 10.9 Å². The third-order valence-electron chi connectivity index (χ3n) is 3.38. The highest BCUT2D eigenvalue weighted by Crippen LogP contribution is 2.28. The number of pyridine rings is 1. The molecule has 0 amide bonds. The molecule has 0 unspecified atom stereocenters. The van der Waals surface area contributed by atoms with Crippen LogP contribution in [0.3, 0.4) is 0 Å². The van der Waals surface area contributed by atoms with Gasteiger partial charge in [0, 0.05) is 18.8 Å². The van der Waals surface area contributed by atoms with Crippen molar-refractivity contribution in [3.05, 3.63) is 54.2 Å². The van der Waals surface area contributed by atoms with E-state index in [0.29, 0.717) is 12.5 Å². The van der Waals surface area contributed by atoms with Gasteiger partial charge in [0.2, 0.25) is 11.8 Å². The molecular weight excluding hydrogens is 264 g/mol. The fraction of sp³-hybridized carbons (Fsp3) is 0.235. The van der Waals surface area contributed by atoms with Gasteiger partial charge in [0.1, 0.15) is 6.61 Å². The maximum atomic E-state index is 10.1. The van der Waals surface area contributed by atoms with Gasteiger partial charge >= 0.3 is 0 Å². The van der Waals surface area contributed by atoms with Gasteiger partial charge in [-0.1, -0.05) is 37.3 Å². The Balaban J connectivity index is 1.81. The van der Waals surface area contributed by atoms with Gasteiger partial charge in [0.25, 0.3) is 0 Å². The number of rotatable bonds is 5. The zero-order valence-electron chi connectivity index (χ0n) is 12.0. The number of aryl methyl sites for hydroxylation is 1. The minimum Gasteiger partial charge on any atom is -0.494 e. The van der Waals surface area contributed by atoms with Crippen LogP contribution in [0, 0.1) is 0 Å². The minimum atomic E-state index is 0.272. The molecule has 4 heteroatoms. The Hall–Kier alpha value is -2.49. The van der Waals surface area contributed by atoms with Crippen molar-refractivity contribution in [1.29, 1.82) is 0 Å². The zero-order chi connectivity index (χ0) is 14.7. The molecule has 0 bridgehead atoms. The van der Waals surface area contributed by atoms with Crippen molar-refractivity contribution in [3.8, 4) is 11.8 Å². The largest absolute Gasteiger partial charge is 0.494 e. The standard InChI is InChI=1S/C17H18N2O2/c1-2-10-19-11-15-14(17(19)20)8-9-16(18-15)21-12-13-6-4-3-5-7-13/h3-9,11,20H,2,10,12H2,1H3. The number of ether oxygens (including phenoxy) is 1. The second kappa shape index (κ2) is 5.87. The van der Waals surface area contributed by atoms with Crippen molar-refractivity contribution in [1.82, 2.24) is 9.55 Å². The highest BCUT2D eigenvalue weighted by Gasteiger charge is 2.09. The minimum absolute atomic E-state index is 0.272. The summed E-state index contributed by atoms with van der Waals surface area (Å²) in [5.41, 5.74) is 1.86. The predicted molar refractivity (Wildman–Crippen MR) is 82.5 cm³/mol. The average molecular weight is 282 g/mol. The molecular formula is C17H18N2O2. The molecule has 0 saturated heterocycles. The van der Waals surface area contributed by atoms with E-state index in [1.54, 1.807) is 6.07 Å². The van der Waals surface area contributed by atoms with Crippen LogP contribution in [-0.2, 0) is 13.2 Å². The maximum absolute atomic E-state index is 10.1. The van der Waals surface area contributed by atoms with Crippen LogP contribution in [0.15, 0.2) is 48.7 Å².